The number of fused-ring (bicyclic) bond motifs is 2. The maximum absolute atomic E-state index is 13.6. The van der Waals surface area contributed by atoms with E-state index in [0.717, 1.165) is 52.7 Å². The summed E-state index contributed by atoms with van der Waals surface area (Å²) >= 11 is 3.47. The molecule has 0 atom stereocenters. The van der Waals surface area contributed by atoms with E-state index < -0.39 is 0 Å². The van der Waals surface area contributed by atoms with Crippen molar-refractivity contribution < 1.29 is 9.18 Å². The Hall–Kier alpha value is -2.46. The highest BCUT2D eigenvalue weighted by Crippen LogP contribution is 2.51. The van der Waals surface area contributed by atoms with Gasteiger partial charge in [0.1, 0.15) is 5.82 Å². The third-order valence-corrected chi connectivity index (χ3v) is 7.75. The Labute approximate surface area is 197 Å². The average molecular weight is 492 g/mol. The van der Waals surface area contributed by atoms with Crippen molar-refractivity contribution in [2.45, 2.75) is 50.9 Å². The summed E-state index contributed by atoms with van der Waals surface area (Å²) in [7, 11) is 0. The van der Waals surface area contributed by atoms with Crippen LogP contribution in [0.15, 0.2) is 65.1 Å². The molecule has 3 aromatic carbocycles. The lowest BCUT2D eigenvalue weighted by Gasteiger charge is -2.25. The van der Waals surface area contributed by atoms with E-state index in [2.05, 4.69) is 46.3 Å². The molecule has 0 saturated heterocycles. The van der Waals surface area contributed by atoms with Crippen molar-refractivity contribution in [1.82, 2.24) is 0 Å². The monoisotopic (exact) mass is 491 g/mol. The SMILES string of the molecule is Cc1cc(F)ccc1-c1ccc2c(c1)C1(CCCC1)CN2C(=O)CCc1ccc(Br)cc1. The minimum Gasteiger partial charge on any atom is -0.311 e. The van der Waals surface area contributed by atoms with Crippen LogP contribution in [-0.4, -0.2) is 12.5 Å². The highest BCUT2D eigenvalue weighted by molar-refractivity contribution is 9.10. The number of amides is 1. The Morgan fingerprint density at radius 1 is 1.03 bits per heavy atom. The molecule has 0 bridgehead atoms. The summed E-state index contributed by atoms with van der Waals surface area (Å²) in [5, 5.41) is 0. The molecule has 1 aliphatic carbocycles. The first-order valence-electron chi connectivity index (χ1n) is 11.4. The van der Waals surface area contributed by atoms with Crippen LogP contribution in [0.2, 0.25) is 0 Å². The number of carbonyl (C=O) groups excluding carboxylic acids is 1. The van der Waals surface area contributed by atoms with Gasteiger partial charge in [-0.15, -0.1) is 0 Å². The van der Waals surface area contributed by atoms with Crippen molar-refractivity contribution >= 4 is 27.5 Å². The van der Waals surface area contributed by atoms with Gasteiger partial charge in [0.05, 0.1) is 0 Å². The first-order chi connectivity index (χ1) is 15.4. The summed E-state index contributed by atoms with van der Waals surface area (Å²) in [6.07, 6.45) is 5.93. The van der Waals surface area contributed by atoms with Crippen LogP contribution in [0, 0.1) is 12.7 Å². The van der Waals surface area contributed by atoms with Crippen molar-refractivity contribution in [3.8, 4) is 11.1 Å². The first-order valence-corrected chi connectivity index (χ1v) is 12.2. The predicted octanol–water partition coefficient (Wildman–Crippen LogP) is 7.35. The fourth-order valence-electron chi connectivity index (χ4n) is 5.53. The Kier molecular flexibility index (Phi) is 5.66. The molecular formula is C28H27BrFNO. The second kappa shape index (κ2) is 8.47. The number of halogens is 2. The average Bonchev–Trinajstić information content (AvgIpc) is 3.39. The summed E-state index contributed by atoms with van der Waals surface area (Å²) in [5.74, 6) is -0.00845. The number of anilines is 1. The van der Waals surface area contributed by atoms with Gasteiger partial charge in [-0.25, -0.2) is 4.39 Å². The van der Waals surface area contributed by atoms with Gasteiger partial charge in [-0.3, -0.25) is 4.79 Å². The number of hydrogen-bond donors (Lipinski definition) is 0. The zero-order valence-electron chi connectivity index (χ0n) is 18.3. The smallest absolute Gasteiger partial charge is 0.227 e. The molecule has 4 heteroatoms. The van der Waals surface area contributed by atoms with Crippen LogP contribution in [0.25, 0.3) is 11.1 Å². The molecule has 1 amide bonds. The van der Waals surface area contributed by atoms with Gasteiger partial charge in [0, 0.05) is 28.5 Å². The Morgan fingerprint density at radius 3 is 2.50 bits per heavy atom. The summed E-state index contributed by atoms with van der Waals surface area (Å²) in [4.78, 5) is 15.3. The van der Waals surface area contributed by atoms with Gasteiger partial charge in [0.25, 0.3) is 0 Å². The van der Waals surface area contributed by atoms with Crippen LogP contribution < -0.4 is 4.90 Å². The largest absolute Gasteiger partial charge is 0.311 e. The minimum atomic E-state index is -0.206. The Morgan fingerprint density at radius 2 is 1.78 bits per heavy atom. The molecule has 1 heterocycles. The van der Waals surface area contributed by atoms with E-state index in [0.29, 0.717) is 6.42 Å². The number of rotatable bonds is 4. The van der Waals surface area contributed by atoms with Crippen molar-refractivity contribution in [2.75, 3.05) is 11.4 Å². The summed E-state index contributed by atoms with van der Waals surface area (Å²) in [6.45, 7) is 2.74. The second-order valence-electron chi connectivity index (χ2n) is 9.28. The lowest BCUT2D eigenvalue weighted by molar-refractivity contribution is -0.118. The van der Waals surface area contributed by atoms with Crippen molar-refractivity contribution in [3.63, 3.8) is 0 Å². The molecule has 1 aliphatic heterocycles. The van der Waals surface area contributed by atoms with Gasteiger partial charge in [0.2, 0.25) is 5.91 Å². The Balaban J connectivity index is 1.45. The second-order valence-corrected chi connectivity index (χ2v) is 10.2. The van der Waals surface area contributed by atoms with Crippen LogP contribution in [-0.2, 0) is 16.6 Å². The summed E-state index contributed by atoms with van der Waals surface area (Å²) in [5.41, 5.74) is 6.71. The van der Waals surface area contributed by atoms with Crippen LogP contribution in [0.5, 0.6) is 0 Å². The van der Waals surface area contributed by atoms with E-state index in [9.17, 15) is 9.18 Å². The normalized spacial score (nSPS) is 16.5. The van der Waals surface area contributed by atoms with Gasteiger partial charge in [-0.2, -0.15) is 0 Å². The predicted molar refractivity (Wildman–Crippen MR) is 132 cm³/mol. The third kappa shape index (κ3) is 3.90. The molecule has 32 heavy (non-hydrogen) atoms. The summed E-state index contributed by atoms with van der Waals surface area (Å²) in [6, 6.07) is 19.6. The van der Waals surface area contributed by atoms with Gasteiger partial charge < -0.3 is 4.90 Å². The van der Waals surface area contributed by atoms with E-state index >= 15 is 0 Å². The van der Waals surface area contributed by atoms with E-state index in [1.165, 1.54) is 30.0 Å². The highest BCUT2D eigenvalue weighted by atomic mass is 79.9. The third-order valence-electron chi connectivity index (χ3n) is 7.22. The molecule has 1 saturated carbocycles. The highest BCUT2D eigenvalue weighted by Gasteiger charge is 2.46. The zero-order valence-corrected chi connectivity index (χ0v) is 19.9. The van der Waals surface area contributed by atoms with Gasteiger partial charge in [0.15, 0.2) is 0 Å². The van der Waals surface area contributed by atoms with E-state index in [-0.39, 0.29) is 17.1 Å². The molecule has 0 N–H and O–H groups in total. The summed E-state index contributed by atoms with van der Waals surface area (Å²) < 4.78 is 14.7. The Bertz CT molecular complexity index is 1160. The van der Waals surface area contributed by atoms with Gasteiger partial charge >= 0.3 is 0 Å². The van der Waals surface area contributed by atoms with E-state index in [4.69, 9.17) is 0 Å². The number of nitrogens with zero attached hydrogens (tertiary/aromatic N) is 1. The van der Waals surface area contributed by atoms with Crippen molar-refractivity contribution in [1.29, 1.82) is 0 Å². The zero-order chi connectivity index (χ0) is 22.3. The standard InChI is InChI=1S/C28H27BrFNO/c1-19-16-23(30)10-11-24(19)21-7-12-26-25(17-21)28(14-2-3-15-28)18-31(26)27(32)13-6-20-4-8-22(29)9-5-20/h4-5,7-12,16-17H,2-3,6,13-15,18H2,1H3. The molecule has 5 rings (SSSR count). The quantitative estimate of drug-likeness (QED) is 0.373. The van der Waals surface area contributed by atoms with Crippen molar-refractivity contribution in [2.24, 2.45) is 0 Å². The maximum atomic E-state index is 13.6. The molecule has 0 unspecified atom stereocenters. The molecule has 164 valence electrons. The topological polar surface area (TPSA) is 20.3 Å². The number of carbonyl (C=O) groups is 1. The van der Waals surface area contributed by atoms with E-state index in [1.54, 1.807) is 6.07 Å². The lowest BCUT2D eigenvalue weighted by Crippen LogP contribution is -2.35. The molecule has 0 radical (unpaired) electrons. The van der Waals surface area contributed by atoms with Gasteiger partial charge in [-0.05, 0) is 90.4 Å². The molecular weight excluding hydrogens is 465 g/mol. The number of aryl methyl sites for hydroxylation is 2. The van der Waals surface area contributed by atoms with E-state index in [1.807, 2.05) is 30.0 Å². The molecule has 1 spiro atoms. The molecule has 1 fully saturated rings. The first kappa shape index (κ1) is 21.4. The van der Waals surface area contributed by atoms with Crippen LogP contribution in [0.1, 0.15) is 48.8 Å². The van der Waals surface area contributed by atoms with Crippen LogP contribution in [0.3, 0.4) is 0 Å². The van der Waals surface area contributed by atoms with Crippen molar-refractivity contribution in [3.05, 3.63) is 87.6 Å². The number of benzene rings is 3. The molecule has 2 nitrogen and oxygen atoms in total. The molecule has 2 aliphatic rings. The molecule has 0 aromatic heterocycles. The molecule has 3 aromatic rings. The fourth-order valence-corrected chi connectivity index (χ4v) is 5.79. The fraction of sp³-hybridized carbons (Fsp3) is 0.321. The minimum absolute atomic E-state index is 0.0621. The van der Waals surface area contributed by atoms with Gasteiger partial charge in [-0.1, -0.05) is 53.0 Å². The number of hydrogen-bond acceptors (Lipinski definition) is 1. The van der Waals surface area contributed by atoms with Crippen LogP contribution >= 0.6 is 15.9 Å². The maximum Gasteiger partial charge on any atom is 0.227 e. The van der Waals surface area contributed by atoms with Crippen LogP contribution in [0.4, 0.5) is 10.1 Å². The lowest BCUT2D eigenvalue weighted by atomic mass is 9.79.